The number of carboxylic acid groups (broad SMARTS) is 1. The molecule has 0 aliphatic rings. The predicted molar refractivity (Wildman–Crippen MR) is 101 cm³/mol. The minimum atomic E-state index is -5.08. The van der Waals surface area contributed by atoms with Gasteiger partial charge in [0.15, 0.2) is 5.82 Å². The molecule has 0 aliphatic carbocycles. The number of aromatic amines is 1. The monoisotopic (exact) mass is 442 g/mol. The zero-order valence-corrected chi connectivity index (χ0v) is 15.7. The number of benzene rings is 2. The van der Waals surface area contributed by atoms with Gasteiger partial charge in [0.05, 0.1) is 5.56 Å². The highest BCUT2D eigenvalue weighted by molar-refractivity contribution is 6.31. The van der Waals surface area contributed by atoms with Crippen molar-refractivity contribution in [2.24, 2.45) is 0 Å². The number of rotatable bonds is 4. The third kappa shape index (κ3) is 6.74. The molecule has 3 rings (SSSR count). The number of nitrogen functional groups attached to an aromatic ring is 1. The van der Waals surface area contributed by atoms with E-state index >= 15 is 0 Å². The maximum Gasteiger partial charge on any atom is 0.490 e. The van der Waals surface area contributed by atoms with Crippen LogP contribution in [-0.2, 0) is 11.2 Å². The number of amides is 1. The van der Waals surface area contributed by atoms with E-state index in [9.17, 15) is 18.0 Å². The second-order valence-electron chi connectivity index (χ2n) is 5.69. The summed E-state index contributed by atoms with van der Waals surface area (Å²) in [6.07, 6.45) is -4.52. The van der Waals surface area contributed by atoms with Crippen molar-refractivity contribution in [1.29, 1.82) is 0 Å². The van der Waals surface area contributed by atoms with Gasteiger partial charge in [-0.1, -0.05) is 28.9 Å². The maximum absolute atomic E-state index is 12.2. The average Bonchev–Trinajstić information content (AvgIpc) is 3.18. The number of alkyl halides is 3. The number of anilines is 2. The number of halogens is 4. The summed E-state index contributed by atoms with van der Waals surface area (Å²) in [5.41, 5.74) is 8.18. The fourth-order valence-corrected chi connectivity index (χ4v) is 2.24. The molecule has 0 fully saturated rings. The van der Waals surface area contributed by atoms with Crippen molar-refractivity contribution in [3.8, 4) is 0 Å². The number of aliphatic carboxylic acids is 1. The number of carbonyl (C=O) groups excluding carboxylic acids is 1. The summed E-state index contributed by atoms with van der Waals surface area (Å²) in [6.45, 7) is 0. The van der Waals surface area contributed by atoms with Gasteiger partial charge in [-0.3, -0.25) is 4.79 Å². The van der Waals surface area contributed by atoms with Gasteiger partial charge in [0.2, 0.25) is 0 Å². The maximum atomic E-state index is 12.2. The number of carboxylic acids is 1. The lowest BCUT2D eigenvalue weighted by molar-refractivity contribution is -0.192. The van der Waals surface area contributed by atoms with Gasteiger partial charge in [-0.15, -0.1) is 10.2 Å². The molecule has 9 nitrogen and oxygen atoms in total. The van der Waals surface area contributed by atoms with Gasteiger partial charge >= 0.3 is 12.1 Å². The van der Waals surface area contributed by atoms with Gasteiger partial charge in [-0.05, 0) is 35.9 Å². The third-order valence-electron chi connectivity index (χ3n) is 3.47. The second-order valence-corrected chi connectivity index (χ2v) is 6.13. The molecular weight excluding hydrogens is 429 g/mol. The van der Waals surface area contributed by atoms with Crippen molar-refractivity contribution in [1.82, 2.24) is 20.6 Å². The van der Waals surface area contributed by atoms with Gasteiger partial charge in [-0.2, -0.15) is 18.4 Å². The Hall–Kier alpha value is -3.67. The lowest BCUT2D eigenvalue weighted by atomic mass is 10.1. The molecule has 30 heavy (non-hydrogen) atoms. The number of hydrogen-bond acceptors (Lipinski definition) is 6. The van der Waals surface area contributed by atoms with Gasteiger partial charge in [0.1, 0.15) is 0 Å². The van der Waals surface area contributed by atoms with Crippen LogP contribution < -0.4 is 11.1 Å². The van der Waals surface area contributed by atoms with E-state index in [1.807, 2.05) is 12.1 Å². The molecule has 0 unspecified atom stereocenters. The number of carbonyl (C=O) groups is 2. The second kappa shape index (κ2) is 9.69. The average molecular weight is 443 g/mol. The van der Waals surface area contributed by atoms with Crippen LogP contribution >= 0.6 is 11.6 Å². The quantitative estimate of drug-likeness (QED) is 0.454. The van der Waals surface area contributed by atoms with Crippen LogP contribution in [0.1, 0.15) is 21.7 Å². The molecule has 1 heterocycles. The van der Waals surface area contributed by atoms with Crippen LogP contribution in [0.3, 0.4) is 0 Å². The Balaban J connectivity index is 0.000000396. The highest BCUT2D eigenvalue weighted by Crippen LogP contribution is 2.20. The van der Waals surface area contributed by atoms with Crippen LogP contribution in [0.5, 0.6) is 0 Å². The molecular formula is C17H14ClF3N6O3. The van der Waals surface area contributed by atoms with Crippen molar-refractivity contribution < 1.29 is 27.9 Å². The number of hydrogen-bond donors (Lipinski definition) is 4. The lowest BCUT2D eigenvalue weighted by Gasteiger charge is -2.08. The zero-order chi connectivity index (χ0) is 22.3. The molecule has 0 atom stereocenters. The van der Waals surface area contributed by atoms with Gasteiger partial charge < -0.3 is 16.2 Å². The number of nitrogens with zero attached hydrogens (tertiary/aromatic N) is 3. The van der Waals surface area contributed by atoms with E-state index in [0.717, 1.165) is 5.56 Å². The summed E-state index contributed by atoms with van der Waals surface area (Å²) < 4.78 is 31.7. The Kier molecular flexibility index (Phi) is 7.31. The highest BCUT2D eigenvalue weighted by atomic mass is 35.5. The van der Waals surface area contributed by atoms with E-state index in [-0.39, 0.29) is 5.91 Å². The van der Waals surface area contributed by atoms with Crippen LogP contribution in [0, 0.1) is 0 Å². The van der Waals surface area contributed by atoms with Crippen LogP contribution in [0.4, 0.5) is 24.5 Å². The molecule has 0 bridgehead atoms. The molecule has 0 radical (unpaired) electrons. The van der Waals surface area contributed by atoms with Crippen molar-refractivity contribution in [3.63, 3.8) is 0 Å². The summed E-state index contributed by atoms with van der Waals surface area (Å²) in [4.78, 5) is 21.1. The summed E-state index contributed by atoms with van der Waals surface area (Å²) in [5, 5.41) is 24.1. The SMILES string of the molecule is Nc1ccc(Cl)cc1C(=O)Nc1ccc(Cc2nn[nH]n2)cc1.O=C(O)C(F)(F)F. The van der Waals surface area contributed by atoms with Gasteiger partial charge in [-0.25, -0.2) is 4.79 Å². The van der Waals surface area contributed by atoms with Crippen LogP contribution in [0.2, 0.25) is 5.02 Å². The van der Waals surface area contributed by atoms with E-state index in [1.54, 1.807) is 24.3 Å². The van der Waals surface area contributed by atoms with Crippen molar-refractivity contribution in [2.75, 3.05) is 11.1 Å². The first-order valence-electron chi connectivity index (χ1n) is 8.04. The Labute approximate surface area is 172 Å². The Morgan fingerprint density at radius 2 is 1.80 bits per heavy atom. The minimum absolute atomic E-state index is 0.309. The van der Waals surface area contributed by atoms with E-state index < -0.39 is 12.1 Å². The van der Waals surface area contributed by atoms with Crippen LogP contribution in [0.25, 0.3) is 0 Å². The summed E-state index contributed by atoms with van der Waals surface area (Å²) in [7, 11) is 0. The fraction of sp³-hybridized carbons (Fsp3) is 0.118. The van der Waals surface area contributed by atoms with Crippen LogP contribution in [-0.4, -0.2) is 43.8 Å². The first-order valence-corrected chi connectivity index (χ1v) is 8.42. The first-order chi connectivity index (χ1) is 14.1. The zero-order valence-electron chi connectivity index (χ0n) is 14.9. The Morgan fingerprint density at radius 1 is 1.17 bits per heavy atom. The fourth-order valence-electron chi connectivity index (χ4n) is 2.07. The highest BCUT2D eigenvalue weighted by Gasteiger charge is 2.38. The number of H-pyrrole nitrogens is 1. The molecule has 0 aliphatic heterocycles. The van der Waals surface area contributed by atoms with E-state index in [1.165, 1.54) is 6.07 Å². The van der Waals surface area contributed by atoms with E-state index in [4.69, 9.17) is 27.2 Å². The molecule has 1 aromatic heterocycles. The molecule has 0 saturated carbocycles. The van der Waals surface area contributed by atoms with E-state index in [2.05, 4.69) is 25.9 Å². The molecule has 5 N–H and O–H groups in total. The number of nitrogens with one attached hydrogen (secondary N) is 2. The normalized spacial score (nSPS) is 10.7. The smallest absolute Gasteiger partial charge is 0.475 e. The lowest BCUT2D eigenvalue weighted by Crippen LogP contribution is -2.21. The number of tetrazole rings is 1. The number of aromatic nitrogens is 4. The molecule has 3 aromatic rings. The van der Waals surface area contributed by atoms with Crippen LogP contribution in [0.15, 0.2) is 42.5 Å². The largest absolute Gasteiger partial charge is 0.490 e. The molecule has 158 valence electrons. The predicted octanol–water partition coefficient (Wildman–Crippen LogP) is 2.91. The Bertz CT molecular complexity index is 1010. The third-order valence-corrected chi connectivity index (χ3v) is 3.70. The van der Waals surface area contributed by atoms with Gasteiger partial charge in [0.25, 0.3) is 5.91 Å². The molecule has 0 saturated heterocycles. The molecule has 0 spiro atoms. The number of nitrogens with two attached hydrogens (primary N) is 1. The van der Waals surface area contributed by atoms with Crippen molar-refractivity contribution in [2.45, 2.75) is 12.6 Å². The van der Waals surface area contributed by atoms with Gasteiger partial charge in [0, 0.05) is 22.8 Å². The summed E-state index contributed by atoms with van der Waals surface area (Å²) in [6, 6.07) is 12.1. The standard InChI is InChI=1S/C15H13ClN6O.C2HF3O2/c16-10-3-6-13(17)12(8-10)15(23)18-11-4-1-9(2-5-11)7-14-19-21-22-20-14;3-2(4,5)1(6)7/h1-6,8H,7,17H2,(H,18,23)(H,19,20,21,22);(H,6,7). The minimum Gasteiger partial charge on any atom is -0.475 e. The molecule has 1 amide bonds. The summed E-state index contributed by atoms with van der Waals surface area (Å²) >= 11 is 5.90. The topological polar surface area (TPSA) is 147 Å². The van der Waals surface area contributed by atoms with Crippen molar-refractivity contribution >= 4 is 34.9 Å². The van der Waals surface area contributed by atoms with Crippen molar-refractivity contribution in [3.05, 3.63) is 64.4 Å². The molecule has 2 aromatic carbocycles. The summed E-state index contributed by atoms with van der Waals surface area (Å²) in [5.74, 6) is -2.46. The Morgan fingerprint density at radius 3 is 2.33 bits per heavy atom. The molecule has 13 heteroatoms. The van der Waals surface area contributed by atoms with E-state index in [0.29, 0.717) is 34.2 Å². The first kappa shape index (κ1) is 22.6.